The molecule has 0 aliphatic heterocycles. The number of hydrogen-bond donors (Lipinski definition) is 5. The minimum Gasteiger partial charge on any atom is -0.349 e. The third-order valence-corrected chi connectivity index (χ3v) is 7.52. The summed E-state index contributed by atoms with van der Waals surface area (Å²) in [5, 5.41) is 12.1. The average molecular weight is 608 g/mol. The predicted molar refractivity (Wildman–Crippen MR) is 178 cm³/mol. The lowest BCUT2D eigenvalue weighted by Gasteiger charge is -2.21. The van der Waals surface area contributed by atoms with E-state index in [0.29, 0.717) is 38.8 Å². The van der Waals surface area contributed by atoms with Crippen molar-refractivity contribution in [2.75, 3.05) is 31.5 Å². The monoisotopic (exact) mass is 607 g/mol. The summed E-state index contributed by atoms with van der Waals surface area (Å²) in [6, 6.07) is 16.0. The van der Waals surface area contributed by atoms with Crippen LogP contribution in [0.25, 0.3) is 11.1 Å². The lowest BCUT2D eigenvalue weighted by atomic mass is 9.92. The van der Waals surface area contributed by atoms with Crippen LogP contribution >= 0.6 is 0 Å². The minimum atomic E-state index is -0.301. The molecule has 3 atom stereocenters. The van der Waals surface area contributed by atoms with Crippen molar-refractivity contribution < 1.29 is 19.2 Å². The fourth-order valence-corrected chi connectivity index (χ4v) is 5.10. The molecule has 9 heteroatoms. The summed E-state index contributed by atoms with van der Waals surface area (Å²) >= 11 is 0. The Morgan fingerprint density at radius 2 is 1.50 bits per heavy atom. The van der Waals surface area contributed by atoms with Crippen LogP contribution in [-0.4, -0.2) is 61.6 Å². The second-order valence-corrected chi connectivity index (χ2v) is 11.9. The smallest absolute Gasteiger partial charge is 0.221 e. The quantitative estimate of drug-likeness (QED) is 0.125. The number of anilines is 1. The zero-order valence-electron chi connectivity index (χ0n) is 27.0. The number of ketones is 2. The number of carbonyl (C=O) groups is 4. The molecule has 0 aromatic heterocycles. The van der Waals surface area contributed by atoms with E-state index < -0.39 is 0 Å². The van der Waals surface area contributed by atoms with Crippen LogP contribution in [0.4, 0.5) is 5.69 Å². The van der Waals surface area contributed by atoms with Gasteiger partial charge in [0.25, 0.3) is 0 Å². The van der Waals surface area contributed by atoms with Gasteiger partial charge in [-0.1, -0.05) is 63.1 Å². The van der Waals surface area contributed by atoms with Crippen molar-refractivity contribution in [2.45, 2.75) is 91.1 Å². The SMILES string of the molecule is CCCC[C@H](N)CNCC[C@H](NCCCC(=O)CNC(C)=O)C(=O)C[C@@H](C)Cc1ccc(-c2ccc(NC(C)=O)cc2)cc1. The van der Waals surface area contributed by atoms with Crippen molar-refractivity contribution in [3.05, 3.63) is 54.1 Å². The average Bonchev–Trinajstić information content (AvgIpc) is 2.98. The van der Waals surface area contributed by atoms with Crippen molar-refractivity contribution in [2.24, 2.45) is 11.7 Å². The molecule has 0 heterocycles. The van der Waals surface area contributed by atoms with Gasteiger partial charge in [0.05, 0.1) is 12.6 Å². The fraction of sp³-hybridized carbons (Fsp3) is 0.543. The maximum atomic E-state index is 13.4. The number of carbonyl (C=O) groups excluding carboxylic acids is 4. The molecule has 242 valence electrons. The van der Waals surface area contributed by atoms with E-state index in [9.17, 15) is 19.2 Å². The maximum absolute atomic E-state index is 13.4. The van der Waals surface area contributed by atoms with Crippen molar-refractivity contribution in [3.8, 4) is 11.1 Å². The Morgan fingerprint density at radius 3 is 2.11 bits per heavy atom. The van der Waals surface area contributed by atoms with Gasteiger partial charge in [-0.25, -0.2) is 0 Å². The summed E-state index contributed by atoms with van der Waals surface area (Å²) in [6.45, 7) is 9.16. The van der Waals surface area contributed by atoms with Crippen molar-refractivity contribution >= 4 is 29.1 Å². The van der Waals surface area contributed by atoms with Crippen LogP contribution in [0.1, 0.15) is 78.2 Å². The van der Waals surface area contributed by atoms with Gasteiger partial charge in [0.2, 0.25) is 11.8 Å². The van der Waals surface area contributed by atoms with Crippen LogP contribution in [0, 0.1) is 5.92 Å². The topological polar surface area (TPSA) is 142 Å². The summed E-state index contributed by atoms with van der Waals surface area (Å²) in [6.07, 6.45) is 6.09. The molecule has 6 N–H and O–H groups in total. The Morgan fingerprint density at radius 1 is 0.841 bits per heavy atom. The van der Waals surface area contributed by atoms with Gasteiger partial charge in [0.1, 0.15) is 5.78 Å². The summed E-state index contributed by atoms with van der Waals surface area (Å²) in [4.78, 5) is 47.7. The Balaban J connectivity index is 1.89. The summed E-state index contributed by atoms with van der Waals surface area (Å²) in [7, 11) is 0. The highest BCUT2D eigenvalue weighted by molar-refractivity contribution is 5.89. The number of rotatable bonds is 22. The number of benzene rings is 2. The Hall–Kier alpha value is -3.40. The highest BCUT2D eigenvalue weighted by atomic mass is 16.2. The molecule has 0 saturated carbocycles. The molecule has 0 bridgehead atoms. The molecular formula is C35H53N5O4. The van der Waals surface area contributed by atoms with E-state index in [-0.39, 0.29) is 47.9 Å². The molecule has 0 saturated heterocycles. The zero-order valence-corrected chi connectivity index (χ0v) is 27.0. The van der Waals surface area contributed by atoms with E-state index in [1.54, 1.807) is 0 Å². The van der Waals surface area contributed by atoms with Gasteiger partial charge >= 0.3 is 0 Å². The summed E-state index contributed by atoms with van der Waals surface area (Å²) < 4.78 is 0. The van der Waals surface area contributed by atoms with Gasteiger partial charge in [-0.3, -0.25) is 19.2 Å². The number of Topliss-reactive ketones (excluding diaryl/α,β-unsaturated/α-hetero) is 2. The van der Waals surface area contributed by atoms with Gasteiger partial charge in [-0.2, -0.15) is 0 Å². The largest absolute Gasteiger partial charge is 0.349 e. The number of hydrogen-bond acceptors (Lipinski definition) is 7. The first kappa shape index (κ1) is 36.8. The minimum absolute atomic E-state index is 0.0192. The molecule has 0 aliphatic carbocycles. The Bertz CT molecular complexity index is 1170. The molecule has 0 radical (unpaired) electrons. The van der Waals surface area contributed by atoms with Crippen LogP contribution < -0.4 is 27.0 Å². The predicted octanol–water partition coefficient (Wildman–Crippen LogP) is 4.39. The third kappa shape index (κ3) is 15.4. The summed E-state index contributed by atoms with van der Waals surface area (Å²) in [5.74, 6) is 0.0138. The van der Waals surface area contributed by atoms with E-state index in [4.69, 9.17) is 5.73 Å². The first-order chi connectivity index (χ1) is 21.1. The number of amides is 2. The molecule has 44 heavy (non-hydrogen) atoms. The normalized spacial score (nSPS) is 13.1. The maximum Gasteiger partial charge on any atom is 0.221 e. The lowest BCUT2D eigenvalue weighted by molar-refractivity contribution is -0.124. The highest BCUT2D eigenvalue weighted by Gasteiger charge is 2.20. The van der Waals surface area contributed by atoms with Crippen molar-refractivity contribution in [3.63, 3.8) is 0 Å². The molecule has 2 rings (SSSR count). The van der Waals surface area contributed by atoms with E-state index in [0.717, 1.165) is 49.0 Å². The second kappa shape index (κ2) is 20.5. The van der Waals surface area contributed by atoms with Gasteiger partial charge in [-0.05, 0) is 73.5 Å². The molecule has 0 spiro atoms. The molecule has 9 nitrogen and oxygen atoms in total. The molecule has 2 aromatic carbocycles. The standard InChI is InChI=1S/C35H53N5O4/c1-5-6-8-31(36)23-37-20-18-34(38-19-7-9-33(43)24-39-26(3)41)35(44)22-25(2)21-28-10-12-29(13-11-28)30-14-16-32(17-15-30)40-27(4)42/h10-17,25,31,34,37-38H,5-9,18-24,36H2,1-4H3,(H,39,41)(H,40,42)/t25-,31-,34-/m0/s1. The molecule has 0 aliphatic rings. The number of unbranched alkanes of at least 4 members (excludes halogenated alkanes) is 1. The van der Waals surface area contributed by atoms with E-state index in [1.807, 2.05) is 24.3 Å². The van der Waals surface area contributed by atoms with Crippen LogP contribution in [0.5, 0.6) is 0 Å². The molecule has 2 amide bonds. The van der Waals surface area contributed by atoms with E-state index >= 15 is 0 Å². The highest BCUT2D eigenvalue weighted by Crippen LogP contribution is 2.23. The first-order valence-corrected chi connectivity index (χ1v) is 16.0. The van der Waals surface area contributed by atoms with Crippen LogP contribution in [-0.2, 0) is 25.6 Å². The Labute approximate surface area is 263 Å². The Kier molecular flexibility index (Phi) is 17.2. The van der Waals surface area contributed by atoms with Crippen LogP contribution in [0.15, 0.2) is 48.5 Å². The molecular weight excluding hydrogens is 554 g/mol. The van der Waals surface area contributed by atoms with E-state index in [1.165, 1.54) is 19.4 Å². The number of nitrogens with two attached hydrogens (primary N) is 1. The molecule has 0 unspecified atom stereocenters. The van der Waals surface area contributed by atoms with Gasteiger partial charge in [-0.15, -0.1) is 0 Å². The zero-order chi connectivity index (χ0) is 32.3. The molecule has 2 aromatic rings. The van der Waals surface area contributed by atoms with Crippen LogP contribution in [0.3, 0.4) is 0 Å². The third-order valence-electron chi connectivity index (χ3n) is 7.52. The summed E-state index contributed by atoms with van der Waals surface area (Å²) in [5.41, 5.74) is 10.3. The van der Waals surface area contributed by atoms with Crippen LogP contribution in [0.2, 0.25) is 0 Å². The van der Waals surface area contributed by atoms with Crippen molar-refractivity contribution in [1.82, 2.24) is 16.0 Å². The first-order valence-electron chi connectivity index (χ1n) is 16.0. The van der Waals surface area contributed by atoms with Gasteiger partial charge in [0, 0.05) is 45.0 Å². The fourth-order valence-electron chi connectivity index (χ4n) is 5.10. The van der Waals surface area contributed by atoms with E-state index in [2.05, 4.69) is 59.4 Å². The van der Waals surface area contributed by atoms with Crippen molar-refractivity contribution in [1.29, 1.82) is 0 Å². The molecule has 0 fully saturated rings. The lowest BCUT2D eigenvalue weighted by Crippen LogP contribution is -2.42. The van der Waals surface area contributed by atoms with Gasteiger partial charge < -0.3 is 27.0 Å². The van der Waals surface area contributed by atoms with Gasteiger partial charge in [0.15, 0.2) is 5.78 Å². The number of nitrogens with one attached hydrogen (secondary N) is 4. The second-order valence-electron chi connectivity index (χ2n) is 11.9.